The van der Waals surface area contributed by atoms with E-state index < -0.39 is 32.5 Å². The van der Waals surface area contributed by atoms with Crippen LogP contribution in [0.15, 0.2) is 170 Å². The van der Waals surface area contributed by atoms with E-state index in [1.165, 1.54) is 64.2 Å². The highest BCUT2D eigenvalue weighted by atomic mass is 31.2. The van der Waals surface area contributed by atoms with E-state index in [1.807, 2.05) is 21.1 Å². The molecule has 86 heavy (non-hydrogen) atoms. The number of unbranched alkanes of at least 4 members (excludes halogenated alkanes) is 18. The minimum atomic E-state index is -4.66. The van der Waals surface area contributed by atoms with Crippen molar-refractivity contribution in [2.45, 2.75) is 251 Å². The van der Waals surface area contributed by atoms with Gasteiger partial charge in [0.15, 0.2) is 6.10 Å². The highest BCUT2D eigenvalue weighted by molar-refractivity contribution is 7.45. The van der Waals surface area contributed by atoms with Gasteiger partial charge in [-0.2, -0.15) is 0 Å². The Balaban J connectivity index is 4.16. The monoisotopic (exact) mass is 1210 g/mol. The van der Waals surface area contributed by atoms with Gasteiger partial charge in [-0.3, -0.25) is 14.2 Å². The molecule has 0 fully saturated rings. The Hall–Kier alpha value is -4.63. The van der Waals surface area contributed by atoms with Crippen molar-refractivity contribution in [1.82, 2.24) is 0 Å². The molecule has 0 aromatic carbocycles. The van der Waals surface area contributed by atoms with Gasteiger partial charge >= 0.3 is 11.9 Å². The molecule has 0 aromatic rings. The summed E-state index contributed by atoms with van der Waals surface area (Å²) in [5.74, 6) is -0.857. The summed E-state index contributed by atoms with van der Waals surface area (Å²) in [6.45, 7) is 3.98. The summed E-state index contributed by atoms with van der Waals surface area (Å²) in [7, 11) is 1.14. The Morgan fingerprint density at radius 2 is 0.628 bits per heavy atom. The van der Waals surface area contributed by atoms with E-state index in [1.54, 1.807) is 0 Å². The van der Waals surface area contributed by atoms with Crippen LogP contribution >= 0.6 is 7.82 Å². The summed E-state index contributed by atoms with van der Waals surface area (Å²) in [4.78, 5) is 38.0. The van der Waals surface area contributed by atoms with Gasteiger partial charge in [0, 0.05) is 12.8 Å². The van der Waals surface area contributed by atoms with Crippen molar-refractivity contribution in [3.63, 3.8) is 0 Å². The second-order valence-electron chi connectivity index (χ2n) is 23.1. The number of carbonyl (C=O) groups is 2. The maximum absolute atomic E-state index is 12.9. The summed E-state index contributed by atoms with van der Waals surface area (Å²) < 4.78 is 34.3. The van der Waals surface area contributed by atoms with Crippen molar-refractivity contribution in [2.24, 2.45) is 0 Å². The van der Waals surface area contributed by atoms with Gasteiger partial charge in [-0.25, -0.2) is 0 Å². The zero-order chi connectivity index (χ0) is 62.6. The first-order chi connectivity index (χ1) is 42.0. The smallest absolute Gasteiger partial charge is 0.306 e. The third kappa shape index (κ3) is 68.5. The lowest BCUT2D eigenvalue weighted by molar-refractivity contribution is -0.870. The van der Waals surface area contributed by atoms with Crippen LogP contribution in [-0.4, -0.2) is 70.0 Å². The van der Waals surface area contributed by atoms with Gasteiger partial charge in [0.25, 0.3) is 7.82 Å². The molecule has 9 nitrogen and oxygen atoms in total. The van der Waals surface area contributed by atoms with E-state index >= 15 is 0 Å². The molecule has 0 saturated heterocycles. The number of nitrogens with zero attached hydrogens (tertiary/aromatic N) is 1. The van der Waals surface area contributed by atoms with Crippen molar-refractivity contribution in [2.75, 3.05) is 47.5 Å². The first-order valence-electron chi connectivity index (χ1n) is 33.8. The highest BCUT2D eigenvalue weighted by Gasteiger charge is 2.22. The lowest BCUT2D eigenvalue weighted by Crippen LogP contribution is -2.37. The summed E-state index contributed by atoms with van der Waals surface area (Å²) in [5.41, 5.74) is 0. The zero-order valence-corrected chi connectivity index (χ0v) is 56.1. The predicted molar refractivity (Wildman–Crippen MR) is 369 cm³/mol. The van der Waals surface area contributed by atoms with Gasteiger partial charge in [0.05, 0.1) is 27.7 Å². The molecule has 0 aliphatic heterocycles. The molecule has 2 unspecified atom stereocenters. The third-order valence-corrected chi connectivity index (χ3v) is 14.7. The number of hydrogen-bond acceptors (Lipinski definition) is 8. The van der Waals surface area contributed by atoms with Gasteiger partial charge in [-0.05, 0) is 128 Å². The molecule has 0 aliphatic rings. The molecule has 486 valence electrons. The number of quaternary nitrogens is 1. The standard InChI is InChI=1S/C76H124NO8P/c1-6-8-10-12-14-16-18-20-22-24-26-28-30-32-33-34-35-36-37-38-39-40-41-42-43-45-47-49-51-53-55-57-59-61-63-65-67-69-76(79)85-74(73-84-86(80,81)83-71-70-77(3,4)5)72-82-75(78)68-66-64-62-60-58-56-54-52-50-48-46-44-31-29-27-25-23-21-19-17-15-13-11-9-7-2/h8-11,14-17,20-23,26-29,32-33,35-36,38-39,41-42,44-47,74H,6-7,12-13,18-19,24-25,30-31,34,37,40,43,48-73H2,1-5H3/b10-8-,11-9-,16-14-,17-15-,22-20-,23-21-,28-26-,29-27-,33-32-,36-35-,39-38-,42-41-,46-44-,47-45-. The fourth-order valence-electron chi connectivity index (χ4n) is 8.62. The number of allylic oxidation sites excluding steroid dienone is 28. The van der Waals surface area contributed by atoms with Crippen molar-refractivity contribution in [1.29, 1.82) is 0 Å². The molecular formula is C76H124NO8P. The lowest BCUT2D eigenvalue weighted by atomic mass is 10.1. The number of carbonyl (C=O) groups excluding carboxylic acids is 2. The second kappa shape index (κ2) is 64.8. The van der Waals surface area contributed by atoms with Crippen LogP contribution in [0, 0.1) is 0 Å². The molecule has 0 saturated carbocycles. The largest absolute Gasteiger partial charge is 0.756 e. The minimum Gasteiger partial charge on any atom is -0.756 e. The normalized spacial score (nSPS) is 14.3. The molecule has 0 N–H and O–H groups in total. The fraction of sp³-hybridized carbons (Fsp3) is 0.605. The Bertz CT molecular complexity index is 2060. The zero-order valence-electron chi connectivity index (χ0n) is 55.2. The first kappa shape index (κ1) is 81.4. The van der Waals surface area contributed by atoms with Crippen molar-refractivity contribution in [3.05, 3.63) is 170 Å². The van der Waals surface area contributed by atoms with Crippen molar-refractivity contribution < 1.29 is 42.1 Å². The van der Waals surface area contributed by atoms with E-state index in [0.29, 0.717) is 23.9 Å². The highest BCUT2D eigenvalue weighted by Crippen LogP contribution is 2.38. The van der Waals surface area contributed by atoms with Gasteiger partial charge in [0.1, 0.15) is 19.8 Å². The van der Waals surface area contributed by atoms with Crippen LogP contribution in [0.3, 0.4) is 0 Å². The Morgan fingerprint density at radius 3 is 0.930 bits per heavy atom. The molecule has 0 aromatic heterocycles. The number of hydrogen-bond donors (Lipinski definition) is 0. The minimum absolute atomic E-state index is 0.0421. The van der Waals surface area contributed by atoms with Gasteiger partial charge in [0.2, 0.25) is 0 Å². The van der Waals surface area contributed by atoms with Crippen LogP contribution in [0.25, 0.3) is 0 Å². The lowest BCUT2D eigenvalue weighted by Gasteiger charge is -2.28. The Labute approximate surface area is 528 Å². The topological polar surface area (TPSA) is 111 Å². The molecule has 0 heterocycles. The second-order valence-corrected chi connectivity index (χ2v) is 24.5. The molecule has 0 amide bonds. The van der Waals surface area contributed by atoms with Crippen LogP contribution in [0.5, 0.6) is 0 Å². The van der Waals surface area contributed by atoms with Crippen molar-refractivity contribution in [3.8, 4) is 0 Å². The van der Waals surface area contributed by atoms with Crippen LogP contribution < -0.4 is 4.89 Å². The molecule has 0 rings (SSSR count). The van der Waals surface area contributed by atoms with Crippen molar-refractivity contribution >= 4 is 19.8 Å². The number of phosphoric acid groups is 1. The quantitative estimate of drug-likeness (QED) is 0.0195. The number of rotatable bonds is 60. The molecule has 0 spiro atoms. The summed E-state index contributed by atoms with van der Waals surface area (Å²) in [5, 5.41) is 0. The molecule has 0 bridgehead atoms. The van der Waals surface area contributed by atoms with E-state index in [2.05, 4.69) is 184 Å². The van der Waals surface area contributed by atoms with Crippen LogP contribution in [0.4, 0.5) is 0 Å². The van der Waals surface area contributed by atoms with E-state index in [4.69, 9.17) is 18.5 Å². The Kier molecular flexibility index (Phi) is 61.3. The molecule has 2 atom stereocenters. The number of likely N-dealkylation sites (N-methyl/N-ethyl adjacent to an activating group) is 1. The first-order valence-corrected chi connectivity index (χ1v) is 35.3. The van der Waals surface area contributed by atoms with E-state index in [-0.39, 0.29) is 26.1 Å². The van der Waals surface area contributed by atoms with Gasteiger partial charge in [-0.1, -0.05) is 274 Å². The summed E-state index contributed by atoms with van der Waals surface area (Å²) >= 11 is 0. The van der Waals surface area contributed by atoms with Crippen LogP contribution in [-0.2, 0) is 32.7 Å². The predicted octanol–water partition coefficient (Wildman–Crippen LogP) is 21.5. The van der Waals surface area contributed by atoms with E-state index in [0.717, 1.165) is 141 Å². The average Bonchev–Trinajstić information content (AvgIpc) is 3.67. The SMILES string of the molecule is CC/C=C\C/C=C\C/C=C\C/C=C\C/C=C\C/C=C\C/C=C\C/C=C\C/C=C\CCCCCCCCCCCC(=O)OC(COC(=O)CCCCCCCCCCC/C=C\C/C=C\C/C=C\C/C=C\C/C=C\CC)COP(=O)([O-])OCC[N+](C)(C)C. The summed E-state index contributed by atoms with van der Waals surface area (Å²) in [6.07, 6.45) is 98.4. The van der Waals surface area contributed by atoms with Crippen LogP contribution in [0.2, 0.25) is 0 Å². The third-order valence-electron chi connectivity index (χ3n) is 13.7. The molecule has 0 radical (unpaired) electrons. The molecule has 10 heteroatoms. The number of phosphoric ester groups is 1. The van der Waals surface area contributed by atoms with Gasteiger partial charge < -0.3 is 27.9 Å². The average molecular weight is 1210 g/mol. The molecule has 0 aliphatic carbocycles. The summed E-state index contributed by atoms with van der Waals surface area (Å²) in [6, 6.07) is 0. The maximum atomic E-state index is 12.9. The van der Waals surface area contributed by atoms with Crippen LogP contribution in [0.1, 0.15) is 245 Å². The maximum Gasteiger partial charge on any atom is 0.306 e. The Morgan fingerprint density at radius 1 is 0.360 bits per heavy atom. The molecular weight excluding hydrogens is 1090 g/mol. The fourth-order valence-corrected chi connectivity index (χ4v) is 9.35. The number of esters is 2. The van der Waals surface area contributed by atoms with Gasteiger partial charge in [-0.15, -0.1) is 0 Å². The van der Waals surface area contributed by atoms with E-state index in [9.17, 15) is 19.0 Å². The number of ether oxygens (including phenoxy) is 2.